The van der Waals surface area contributed by atoms with Gasteiger partial charge in [-0.15, -0.1) is 0 Å². The van der Waals surface area contributed by atoms with Crippen LogP contribution in [0.25, 0.3) is 11.1 Å². The first-order valence-corrected chi connectivity index (χ1v) is 5.38. The summed E-state index contributed by atoms with van der Waals surface area (Å²) in [7, 11) is 0. The van der Waals surface area contributed by atoms with Gasteiger partial charge in [0.15, 0.2) is 0 Å². The average molecular weight is 210 g/mol. The number of hydrogen-bond donors (Lipinski definition) is 0. The Balaban J connectivity index is 2.36. The number of rotatable bonds is 3. The summed E-state index contributed by atoms with van der Waals surface area (Å²) in [5, 5.41) is 0. The highest BCUT2D eigenvalue weighted by molar-refractivity contribution is 5.65. The van der Waals surface area contributed by atoms with Crippen LogP contribution in [0.5, 0.6) is 5.75 Å². The van der Waals surface area contributed by atoms with Gasteiger partial charge in [-0.1, -0.05) is 36.4 Å². The third kappa shape index (κ3) is 2.43. The van der Waals surface area contributed by atoms with Crippen LogP contribution >= 0.6 is 0 Å². The molecule has 2 radical (unpaired) electrons. The molecule has 1 heteroatoms. The van der Waals surface area contributed by atoms with Crippen LogP contribution in [0.3, 0.4) is 0 Å². The number of hydrogen-bond acceptors (Lipinski definition) is 1. The van der Waals surface area contributed by atoms with Gasteiger partial charge < -0.3 is 4.74 Å². The van der Waals surface area contributed by atoms with Crippen molar-refractivity contribution < 1.29 is 4.74 Å². The average Bonchev–Trinajstić information content (AvgIpc) is 2.30. The lowest BCUT2D eigenvalue weighted by atomic mass is 10.0. The molecule has 0 spiro atoms. The van der Waals surface area contributed by atoms with Crippen molar-refractivity contribution in [3.63, 3.8) is 0 Å². The maximum absolute atomic E-state index is 5.76. The van der Waals surface area contributed by atoms with Crippen LogP contribution in [0, 0.1) is 6.92 Å². The summed E-state index contributed by atoms with van der Waals surface area (Å²) in [5.41, 5.74) is 3.01. The van der Waals surface area contributed by atoms with E-state index in [2.05, 4.69) is 6.07 Å². The molecule has 0 aliphatic rings. The second-order valence-electron chi connectivity index (χ2n) is 3.59. The summed E-state index contributed by atoms with van der Waals surface area (Å²) in [6.45, 7) is 8.42. The zero-order valence-electron chi connectivity index (χ0n) is 9.31. The molecule has 16 heavy (non-hydrogen) atoms. The largest absolute Gasteiger partial charge is 0.494 e. The fraction of sp³-hybridized carbons (Fsp3) is 0.133. The summed E-state index contributed by atoms with van der Waals surface area (Å²) >= 11 is 0. The van der Waals surface area contributed by atoms with E-state index >= 15 is 0 Å². The van der Waals surface area contributed by atoms with Gasteiger partial charge in [0, 0.05) is 0 Å². The molecule has 0 saturated carbocycles. The van der Waals surface area contributed by atoms with Crippen molar-refractivity contribution in [2.45, 2.75) is 6.92 Å². The lowest BCUT2D eigenvalue weighted by molar-refractivity contribution is 0.340. The molecule has 2 aromatic carbocycles. The molecule has 0 aliphatic carbocycles. The van der Waals surface area contributed by atoms with Crippen LogP contribution in [0.2, 0.25) is 0 Å². The first-order chi connectivity index (χ1) is 7.79. The Bertz CT molecular complexity index is 474. The SMILES string of the molecule is [CH]c1cccc(-c2cccc(OCC)c2)c1. The molecule has 0 fully saturated rings. The van der Waals surface area contributed by atoms with Crippen molar-refractivity contribution in [1.82, 2.24) is 0 Å². The van der Waals surface area contributed by atoms with Gasteiger partial charge in [0.1, 0.15) is 5.75 Å². The van der Waals surface area contributed by atoms with Crippen molar-refractivity contribution in [2.75, 3.05) is 6.61 Å². The smallest absolute Gasteiger partial charge is 0.119 e. The van der Waals surface area contributed by atoms with Gasteiger partial charge in [0.2, 0.25) is 0 Å². The van der Waals surface area contributed by atoms with Crippen LogP contribution < -0.4 is 4.74 Å². The van der Waals surface area contributed by atoms with Crippen LogP contribution in [-0.2, 0) is 0 Å². The molecule has 0 aliphatic heterocycles. The standard InChI is InChI=1S/C15H14O/c1-3-16-15-9-5-8-14(11-15)13-7-4-6-12(2)10-13/h2,4-11H,3H2,1H3. The summed E-state index contributed by atoms with van der Waals surface area (Å²) < 4.78 is 5.47. The fourth-order valence-electron chi connectivity index (χ4n) is 1.65. The lowest BCUT2D eigenvalue weighted by Crippen LogP contribution is -1.91. The fourth-order valence-corrected chi connectivity index (χ4v) is 1.65. The van der Waals surface area contributed by atoms with Gasteiger partial charge in [0.05, 0.1) is 6.61 Å². The molecule has 2 aromatic rings. The van der Waals surface area contributed by atoms with Gasteiger partial charge in [-0.2, -0.15) is 0 Å². The van der Waals surface area contributed by atoms with Crippen LogP contribution in [0.15, 0.2) is 48.5 Å². The van der Waals surface area contributed by atoms with Crippen molar-refractivity contribution >= 4 is 0 Å². The zero-order chi connectivity index (χ0) is 11.4. The molecule has 2 rings (SSSR count). The molecule has 80 valence electrons. The molecule has 0 bridgehead atoms. The molecule has 0 aromatic heterocycles. The van der Waals surface area contributed by atoms with E-state index in [0.717, 1.165) is 22.4 Å². The van der Waals surface area contributed by atoms with Crippen LogP contribution in [0.4, 0.5) is 0 Å². The van der Waals surface area contributed by atoms with E-state index < -0.39 is 0 Å². The van der Waals surface area contributed by atoms with Crippen molar-refractivity contribution in [2.24, 2.45) is 0 Å². The second kappa shape index (κ2) is 4.84. The van der Waals surface area contributed by atoms with E-state index in [9.17, 15) is 0 Å². The topological polar surface area (TPSA) is 9.23 Å². The maximum Gasteiger partial charge on any atom is 0.119 e. The van der Waals surface area contributed by atoms with E-state index in [1.54, 1.807) is 0 Å². The van der Waals surface area contributed by atoms with Gasteiger partial charge >= 0.3 is 0 Å². The Morgan fingerprint density at radius 1 is 1.00 bits per heavy atom. The molecule has 0 saturated heterocycles. The van der Waals surface area contributed by atoms with Gasteiger partial charge in [-0.05, 0) is 42.7 Å². The first kappa shape index (κ1) is 10.7. The van der Waals surface area contributed by atoms with E-state index in [4.69, 9.17) is 11.7 Å². The molecule has 0 atom stereocenters. The Hall–Kier alpha value is -1.76. The predicted molar refractivity (Wildman–Crippen MR) is 66.4 cm³/mol. The van der Waals surface area contributed by atoms with Gasteiger partial charge in [-0.25, -0.2) is 0 Å². The summed E-state index contributed by atoms with van der Waals surface area (Å²) in [5.74, 6) is 0.891. The minimum atomic E-state index is 0.681. The van der Waals surface area contributed by atoms with Crippen molar-refractivity contribution in [3.05, 3.63) is 61.0 Å². The minimum absolute atomic E-state index is 0.681. The molecular formula is C15H14O. The third-order valence-corrected chi connectivity index (χ3v) is 2.37. The second-order valence-corrected chi connectivity index (χ2v) is 3.59. The Morgan fingerprint density at radius 3 is 2.38 bits per heavy atom. The molecule has 0 amide bonds. The minimum Gasteiger partial charge on any atom is -0.494 e. The van der Waals surface area contributed by atoms with Crippen LogP contribution in [-0.4, -0.2) is 6.61 Å². The van der Waals surface area contributed by atoms with E-state index in [1.807, 2.05) is 49.4 Å². The van der Waals surface area contributed by atoms with Gasteiger partial charge in [-0.3, -0.25) is 0 Å². The highest BCUT2D eigenvalue weighted by atomic mass is 16.5. The van der Waals surface area contributed by atoms with Crippen molar-refractivity contribution in [3.8, 4) is 16.9 Å². The first-order valence-electron chi connectivity index (χ1n) is 5.38. The molecule has 1 nitrogen and oxygen atoms in total. The monoisotopic (exact) mass is 210 g/mol. The maximum atomic E-state index is 5.76. The van der Waals surface area contributed by atoms with Crippen LogP contribution in [0.1, 0.15) is 12.5 Å². The molecular weight excluding hydrogens is 196 g/mol. The Kier molecular flexibility index (Phi) is 3.25. The number of ether oxygens (including phenoxy) is 1. The van der Waals surface area contributed by atoms with E-state index in [-0.39, 0.29) is 0 Å². The normalized spacial score (nSPS) is 10.1. The lowest BCUT2D eigenvalue weighted by Gasteiger charge is -2.06. The quantitative estimate of drug-likeness (QED) is 0.748. The summed E-state index contributed by atoms with van der Waals surface area (Å²) in [6, 6.07) is 15.9. The molecule has 0 unspecified atom stereocenters. The van der Waals surface area contributed by atoms with Gasteiger partial charge in [0.25, 0.3) is 0 Å². The summed E-state index contributed by atoms with van der Waals surface area (Å²) in [6.07, 6.45) is 0. The highest BCUT2D eigenvalue weighted by Crippen LogP contribution is 2.24. The van der Waals surface area contributed by atoms with E-state index in [0.29, 0.717) is 6.61 Å². The highest BCUT2D eigenvalue weighted by Gasteiger charge is 1.99. The third-order valence-electron chi connectivity index (χ3n) is 2.37. The van der Waals surface area contributed by atoms with Crippen molar-refractivity contribution in [1.29, 1.82) is 0 Å². The predicted octanol–water partition coefficient (Wildman–Crippen LogP) is 3.81. The summed E-state index contributed by atoms with van der Waals surface area (Å²) in [4.78, 5) is 0. The number of benzene rings is 2. The van der Waals surface area contributed by atoms with E-state index in [1.165, 1.54) is 0 Å². The zero-order valence-corrected chi connectivity index (χ0v) is 9.31. The molecule has 0 heterocycles. The Labute approximate surface area is 96.7 Å². The molecule has 0 N–H and O–H groups in total. The Morgan fingerprint density at radius 2 is 1.69 bits per heavy atom.